The summed E-state index contributed by atoms with van der Waals surface area (Å²) >= 11 is 0. The van der Waals surface area contributed by atoms with Gasteiger partial charge in [-0.2, -0.15) is 0 Å². The van der Waals surface area contributed by atoms with Gasteiger partial charge in [-0.3, -0.25) is 4.79 Å². The third-order valence-corrected chi connectivity index (χ3v) is 1.00. The second kappa shape index (κ2) is 12.0. The van der Waals surface area contributed by atoms with Gasteiger partial charge >= 0.3 is 11.9 Å². The lowest BCUT2D eigenvalue weighted by Gasteiger charge is -1.96. The molecule has 17 heavy (non-hydrogen) atoms. The van der Waals surface area contributed by atoms with E-state index in [-0.39, 0.29) is 0 Å². The summed E-state index contributed by atoms with van der Waals surface area (Å²) in [6, 6.07) is 0. The molecule has 0 aromatic heterocycles. The van der Waals surface area contributed by atoms with Gasteiger partial charge in [0.1, 0.15) is 0 Å². The molecular formula is C11H16O6. The molecule has 0 bridgehead atoms. The SMILES string of the molecule is C=COC(=O)/C=C\C(=O)OCCC.CC(=O)O. The molecule has 0 aliphatic rings. The number of ether oxygens (including phenoxy) is 2. The van der Waals surface area contributed by atoms with Crippen LogP contribution in [0.1, 0.15) is 20.3 Å². The summed E-state index contributed by atoms with van der Waals surface area (Å²) in [7, 11) is 0. The number of esters is 2. The van der Waals surface area contributed by atoms with Crippen molar-refractivity contribution >= 4 is 17.9 Å². The molecule has 0 aromatic rings. The maximum absolute atomic E-state index is 10.8. The van der Waals surface area contributed by atoms with E-state index in [1.165, 1.54) is 0 Å². The Morgan fingerprint density at radius 2 is 1.71 bits per heavy atom. The molecular weight excluding hydrogens is 228 g/mol. The second-order valence-corrected chi connectivity index (χ2v) is 2.62. The molecule has 6 nitrogen and oxygen atoms in total. The molecule has 0 heterocycles. The number of carbonyl (C=O) groups is 3. The van der Waals surface area contributed by atoms with Crippen molar-refractivity contribution in [3.05, 3.63) is 25.0 Å². The predicted octanol–water partition coefficient (Wildman–Crippen LogP) is 1.27. The number of carboxylic acid groups (broad SMARTS) is 1. The first-order valence-electron chi connectivity index (χ1n) is 4.79. The number of hydrogen-bond donors (Lipinski definition) is 1. The Morgan fingerprint density at radius 3 is 2.12 bits per heavy atom. The number of aliphatic carboxylic acids is 1. The summed E-state index contributed by atoms with van der Waals surface area (Å²) in [5.74, 6) is -2.04. The van der Waals surface area contributed by atoms with Crippen molar-refractivity contribution in [2.24, 2.45) is 0 Å². The van der Waals surface area contributed by atoms with Crippen LogP contribution in [-0.4, -0.2) is 29.6 Å². The highest BCUT2D eigenvalue weighted by atomic mass is 16.5. The van der Waals surface area contributed by atoms with E-state index in [1.807, 2.05) is 6.92 Å². The van der Waals surface area contributed by atoms with Crippen molar-refractivity contribution in [1.82, 2.24) is 0 Å². The molecule has 0 aromatic carbocycles. The van der Waals surface area contributed by atoms with Crippen molar-refractivity contribution in [3.63, 3.8) is 0 Å². The van der Waals surface area contributed by atoms with Gasteiger partial charge in [0.2, 0.25) is 0 Å². The molecule has 0 atom stereocenters. The smallest absolute Gasteiger partial charge is 0.335 e. The largest absolute Gasteiger partial charge is 0.481 e. The zero-order chi connectivity index (χ0) is 13.7. The van der Waals surface area contributed by atoms with Gasteiger partial charge in [0.15, 0.2) is 0 Å². The quantitative estimate of drug-likeness (QED) is 0.445. The van der Waals surface area contributed by atoms with E-state index in [0.717, 1.165) is 31.8 Å². The van der Waals surface area contributed by atoms with Gasteiger partial charge in [0.05, 0.1) is 12.9 Å². The predicted molar refractivity (Wildman–Crippen MR) is 60.0 cm³/mol. The van der Waals surface area contributed by atoms with E-state index in [0.29, 0.717) is 6.61 Å². The average Bonchev–Trinajstić information content (AvgIpc) is 2.23. The van der Waals surface area contributed by atoms with Crippen LogP contribution >= 0.6 is 0 Å². The van der Waals surface area contributed by atoms with Crippen LogP contribution in [0.25, 0.3) is 0 Å². The Kier molecular flexibility index (Phi) is 12.2. The molecule has 1 N–H and O–H groups in total. The fourth-order valence-electron chi connectivity index (χ4n) is 0.508. The Morgan fingerprint density at radius 1 is 1.24 bits per heavy atom. The maximum atomic E-state index is 10.8. The highest BCUT2D eigenvalue weighted by Gasteiger charge is 1.97. The van der Waals surface area contributed by atoms with E-state index in [4.69, 9.17) is 9.90 Å². The summed E-state index contributed by atoms with van der Waals surface area (Å²) in [6.07, 6.45) is 3.74. The minimum Gasteiger partial charge on any atom is -0.481 e. The topological polar surface area (TPSA) is 89.9 Å². The summed E-state index contributed by atoms with van der Waals surface area (Å²) in [6.45, 7) is 6.49. The second-order valence-electron chi connectivity index (χ2n) is 2.62. The Balaban J connectivity index is 0. The lowest BCUT2D eigenvalue weighted by atomic mass is 10.5. The van der Waals surface area contributed by atoms with Crippen molar-refractivity contribution in [1.29, 1.82) is 0 Å². The van der Waals surface area contributed by atoms with Gasteiger partial charge in [-0.25, -0.2) is 9.59 Å². The molecule has 0 aliphatic carbocycles. The molecule has 0 saturated heterocycles. The molecule has 0 rings (SSSR count). The minimum absolute atomic E-state index is 0.347. The summed E-state index contributed by atoms with van der Waals surface area (Å²) in [5.41, 5.74) is 0. The average molecular weight is 244 g/mol. The van der Waals surface area contributed by atoms with Crippen LogP contribution in [0.5, 0.6) is 0 Å². The van der Waals surface area contributed by atoms with E-state index in [1.54, 1.807) is 0 Å². The molecule has 96 valence electrons. The van der Waals surface area contributed by atoms with Crippen LogP contribution in [0.15, 0.2) is 25.0 Å². The van der Waals surface area contributed by atoms with Crippen LogP contribution in [0.2, 0.25) is 0 Å². The first-order valence-corrected chi connectivity index (χ1v) is 4.79. The molecule has 0 amide bonds. The van der Waals surface area contributed by atoms with E-state index in [9.17, 15) is 9.59 Å². The highest BCUT2D eigenvalue weighted by molar-refractivity contribution is 5.91. The number of hydrogen-bond acceptors (Lipinski definition) is 5. The zero-order valence-electron chi connectivity index (χ0n) is 9.84. The summed E-state index contributed by atoms with van der Waals surface area (Å²) < 4.78 is 8.99. The Hall–Kier alpha value is -2.11. The molecule has 0 saturated carbocycles. The molecule has 0 spiro atoms. The van der Waals surface area contributed by atoms with Gasteiger partial charge in [-0.05, 0) is 6.42 Å². The molecule has 0 unspecified atom stereocenters. The van der Waals surface area contributed by atoms with E-state index < -0.39 is 17.9 Å². The van der Waals surface area contributed by atoms with Gasteiger partial charge in [0.25, 0.3) is 5.97 Å². The monoisotopic (exact) mass is 244 g/mol. The number of carbonyl (C=O) groups excluding carboxylic acids is 2. The molecule has 0 radical (unpaired) electrons. The number of carboxylic acids is 1. The van der Waals surface area contributed by atoms with Crippen LogP contribution in [-0.2, 0) is 23.9 Å². The van der Waals surface area contributed by atoms with Gasteiger partial charge in [0, 0.05) is 19.1 Å². The van der Waals surface area contributed by atoms with Crippen molar-refractivity contribution in [2.45, 2.75) is 20.3 Å². The molecule has 0 aliphatic heterocycles. The summed E-state index contributed by atoms with van der Waals surface area (Å²) in [5, 5.41) is 7.42. The Labute approximate surface area is 99.5 Å². The lowest BCUT2D eigenvalue weighted by molar-refractivity contribution is -0.138. The van der Waals surface area contributed by atoms with Crippen molar-refractivity contribution < 1.29 is 29.0 Å². The Bertz CT molecular complexity index is 288. The standard InChI is InChI=1S/C9H12O4.C2H4O2/c1-3-7-13-9(11)6-5-8(10)12-4-2;1-2(3)4/h4-6H,2-3,7H2,1H3;1H3,(H,3,4)/b6-5-;. The van der Waals surface area contributed by atoms with Gasteiger partial charge in [-0.1, -0.05) is 13.5 Å². The lowest BCUT2D eigenvalue weighted by Crippen LogP contribution is -2.03. The van der Waals surface area contributed by atoms with Crippen LogP contribution in [0, 0.1) is 0 Å². The van der Waals surface area contributed by atoms with E-state index in [2.05, 4.69) is 16.1 Å². The first kappa shape index (κ1) is 17.3. The van der Waals surface area contributed by atoms with Crippen LogP contribution < -0.4 is 0 Å². The summed E-state index contributed by atoms with van der Waals surface area (Å²) in [4.78, 5) is 30.4. The van der Waals surface area contributed by atoms with Crippen LogP contribution in [0.3, 0.4) is 0 Å². The number of rotatable bonds is 5. The highest BCUT2D eigenvalue weighted by Crippen LogP contribution is 1.87. The van der Waals surface area contributed by atoms with Crippen molar-refractivity contribution in [3.8, 4) is 0 Å². The fourth-order valence-corrected chi connectivity index (χ4v) is 0.508. The third kappa shape index (κ3) is 20.1. The van der Waals surface area contributed by atoms with Crippen LogP contribution in [0.4, 0.5) is 0 Å². The van der Waals surface area contributed by atoms with E-state index >= 15 is 0 Å². The normalized spacial score (nSPS) is 8.82. The maximum Gasteiger partial charge on any atom is 0.335 e. The third-order valence-electron chi connectivity index (χ3n) is 1.00. The minimum atomic E-state index is -0.833. The molecule has 0 fully saturated rings. The van der Waals surface area contributed by atoms with Gasteiger partial charge in [-0.15, -0.1) is 0 Å². The van der Waals surface area contributed by atoms with Crippen molar-refractivity contribution in [2.75, 3.05) is 6.61 Å². The molecule has 6 heteroatoms. The zero-order valence-corrected chi connectivity index (χ0v) is 9.84. The fraction of sp³-hybridized carbons (Fsp3) is 0.364. The van der Waals surface area contributed by atoms with Gasteiger partial charge < -0.3 is 14.6 Å². The first-order chi connectivity index (χ1) is 7.93.